The van der Waals surface area contributed by atoms with Gasteiger partial charge in [0.1, 0.15) is 5.75 Å². The molecule has 0 saturated heterocycles. The van der Waals surface area contributed by atoms with E-state index in [2.05, 4.69) is 42.5 Å². The van der Waals surface area contributed by atoms with Crippen LogP contribution in [0.25, 0.3) is 0 Å². The second-order valence-corrected chi connectivity index (χ2v) is 6.61. The van der Waals surface area contributed by atoms with Crippen LogP contribution in [0.5, 0.6) is 11.6 Å². The van der Waals surface area contributed by atoms with Gasteiger partial charge in [-0.05, 0) is 24.8 Å². The number of rotatable bonds is 5. The summed E-state index contributed by atoms with van der Waals surface area (Å²) in [5.74, 6) is 2.20. The van der Waals surface area contributed by atoms with E-state index in [0.717, 1.165) is 48.9 Å². The second-order valence-electron chi connectivity index (χ2n) is 6.61. The molecule has 1 N–H and O–H groups in total. The molecule has 3 rings (SSSR count). The Labute approximate surface area is 144 Å². The second kappa shape index (κ2) is 7.26. The van der Waals surface area contributed by atoms with E-state index in [-0.39, 0.29) is 6.04 Å². The van der Waals surface area contributed by atoms with E-state index in [1.807, 2.05) is 17.8 Å². The predicted octanol–water partition coefficient (Wildman–Crippen LogP) is 3.56. The molecule has 1 atom stereocenters. The molecule has 2 aromatic rings. The first-order chi connectivity index (χ1) is 11.6. The average Bonchev–Trinajstić information content (AvgIpc) is 2.76. The van der Waals surface area contributed by atoms with Crippen LogP contribution in [0.2, 0.25) is 0 Å². The summed E-state index contributed by atoms with van der Waals surface area (Å²) in [7, 11) is 3.64. The monoisotopic (exact) mass is 329 g/mol. The Morgan fingerprint density at radius 3 is 2.92 bits per heavy atom. The SMILES string of the molecule is COc1c(CN[C@H]2CCCOc3ccccc32)c(C(C)C)nn1C. The summed E-state index contributed by atoms with van der Waals surface area (Å²) in [5, 5.41) is 8.34. The maximum Gasteiger partial charge on any atom is 0.216 e. The summed E-state index contributed by atoms with van der Waals surface area (Å²) < 4.78 is 13.3. The van der Waals surface area contributed by atoms with Gasteiger partial charge in [0.2, 0.25) is 5.88 Å². The zero-order valence-electron chi connectivity index (χ0n) is 15.0. The van der Waals surface area contributed by atoms with Crippen molar-refractivity contribution in [2.45, 2.75) is 45.2 Å². The first-order valence-corrected chi connectivity index (χ1v) is 8.66. The summed E-state index contributed by atoms with van der Waals surface area (Å²) in [5.41, 5.74) is 3.49. The molecular formula is C19H27N3O2. The van der Waals surface area contributed by atoms with Gasteiger partial charge in [-0.2, -0.15) is 5.10 Å². The lowest BCUT2D eigenvalue weighted by molar-refractivity contribution is 0.315. The Bertz CT molecular complexity index is 694. The minimum atomic E-state index is 0.286. The molecule has 0 radical (unpaired) electrons. The Kier molecular flexibility index (Phi) is 5.09. The third-order valence-corrected chi connectivity index (χ3v) is 4.57. The molecule has 2 heterocycles. The Morgan fingerprint density at radius 2 is 2.17 bits per heavy atom. The van der Waals surface area contributed by atoms with E-state index in [0.29, 0.717) is 5.92 Å². The van der Waals surface area contributed by atoms with Crippen LogP contribution in [0, 0.1) is 0 Å². The molecule has 5 heteroatoms. The number of aryl methyl sites for hydroxylation is 1. The minimum absolute atomic E-state index is 0.286. The minimum Gasteiger partial charge on any atom is -0.493 e. The highest BCUT2D eigenvalue weighted by Crippen LogP contribution is 2.33. The summed E-state index contributed by atoms with van der Waals surface area (Å²) in [6.45, 7) is 5.85. The highest BCUT2D eigenvalue weighted by Gasteiger charge is 2.23. The molecule has 1 aliphatic rings. The van der Waals surface area contributed by atoms with Gasteiger partial charge in [0.25, 0.3) is 0 Å². The number of nitrogens with zero attached hydrogens (tertiary/aromatic N) is 2. The lowest BCUT2D eigenvalue weighted by Crippen LogP contribution is -2.21. The Hall–Kier alpha value is -2.01. The summed E-state index contributed by atoms with van der Waals surface area (Å²) in [4.78, 5) is 0. The highest BCUT2D eigenvalue weighted by molar-refractivity contribution is 5.37. The predicted molar refractivity (Wildman–Crippen MR) is 94.6 cm³/mol. The maximum atomic E-state index is 5.86. The number of fused-ring (bicyclic) bond motifs is 1. The van der Waals surface area contributed by atoms with Gasteiger partial charge in [-0.25, -0.2) is 4.68 Å². The van der Waals surface area contributed by atoms with Crippen LogP contribution in [-0.4, -0.2) is 23.5 Å². The number of para-hydroxylation sites is 1. The molecule has 0 fully saturated rings. The van der Waals surface area contributed by atoms with Crippen molar-refractivity contribution >= 4 is 0 Å². The maximum absolute atomic E-state index is 5.86. The molecule has 0 unspecified atom stereocenters. The van der Waals surface area contributed by atoms with Crippen LogP contribution >= 0.6 is 0 Å². The first-order valence-electron chi connectivity index (χ1n) is 8.66. The quantitative estimate of drug-likeness (QED) is 0.911. The number of hydrogen-bond acceptors (Lipinski definition) is 4. The molecular weight excluding hydrogens is 302 g/mol. The van der Waals surface area contributed by atoms with Crippen molar-refractivity contribution in [2.75, 3.05) is 13.7 Å². The number of methoxy groups -OCH3 is 1. The Balaban J connectivity index is 1.84. The van der Waals surface area contributed by atoms with Gasteiger partial charge >= 0.3 is 0 Å². The van der Waals surface area contributed by atoms with Crippen LogP contribution < -0.4 is 14.8 Å². The number of aromatic nitrogens is 2. The molecule has 130 valence electrons. The van der Waals surface area contributed by atoms with Crippen molar-refractivity contribution in [3.05, 3.63) is 41.1 Å². The van der Waals surface area contributed by atoms with Gasteiger partial charge in [0.15, 0.2) is 0 Å². The lowest BCUT2D eigenvalue weighted by Gasteiger charge is -2.19. The number of ether oxygens (including phenoxy) is 2. The molecule has 0 aliphatic carbocycles. The number of benzene rings is 1. The van der Waals surface area contributed by atoms with Crippen molar-refractivity contribution in [3.63, 3.8) is 0 Å². The molecule has 0 spiro atoms. The van der Waals surface area contributed by atoms with Crippen molar-refractivity contribution < 1.29 is 9.47 Å². The third-order valence-electron chi connectivity index (χ3n) is 4.57. The Morgan fingerprint density at radius 1 is 1.38 bits per heavy atom. The fraction of sp³-hybridized carbons (Fsp3) is 0.526. The highest BCUT2D eigenvalue weighted by atomic mass is 16.5. The van der Waals surface area contributed by atoms with Crippen LogP contribution in [0.4, 0.5) is 0 Å². The number of hydrogen-bond donors (Lipinski definition) is 1. The largest absolute Gasteiger partial charge is 0.493 e. The molecule has 1 aromatic heterocycles. The van der Waals surface area contributed by atoms with E-state index >= 15 is 0 Å². The number of nitrogens with one attached hydrogen (secondary N) is 1. The summed E-state index contributed by atoms with van der Waals surface area (Å²) in [6, 6.07) is 8.60. The average molecular weight is 329 g/mol. The molecule has 0 bridgehead atoms. The van der Waals surface area contributed by atoms with Crippen LogP contribution in [0.3, 0.4) is 0 Å². The molecule has 0 amide bonds. The van der Waals surface area contributed by atoms with Crippen LogP contribution in [-0.2, 0) is 13.6 Å². The first kappa shape index (κ1) is 16.8. The molecule has 5 nitrogen and oxygen atoms in total. The zero-order valence-corrected chi connectivity index (χ0v) is 15.0. The van der Waals surface area contributed by atoms with Crippen molar-refractivity contribution in [1.29, 1.82) is 0 Å². The standard InChI is InChI=1S/C19H27N3O2/c1-13(2)18-15(19(23-4)22(3)21-18)12-20-16-9-7-11-24-17-10-6-5-8-14(16)17/h5-6,8,10,13,16,20H,7,9,11-12H2,1-4H3/t16-/m0/s1. The molecule has 1 aliphatic heterocycles. The normalized spacial score (nSPS) is 17.3. The van der Waals surface area contributed by atoms with E-state index in [9.17, 15) is 0 Å². The van der Waals surface area contributed by atoms with E-state index in [1.54, 1.807) is 7.11 Å². The summed E-state index contributed by atoms with van der Waals surface area (Å²) in [6.07, 6.45) is 2.12. The lowest BCUT2D eigenvalue weighted by atomic mass is 10.0. The topological polar surface area (TPSA) is 48.3 Å². The van der Waals surface area contributed by atoms with E-state index < -0.39 is 0 Å². The van der Waals surface area contributed by atoms with Crippen LogP contribution in [0.1, 0.15) is 55.5 Å². The van der Waals surface area contributed by atoms with E-state index in [1.165, 1.54) is 5.56 Å². The van der Waals surface area contributed by atoms with Gasteiger partial charge in [-0.15, -0.1) is 0 Å². The van der Waals surface area contributed by atoms with Crippen LogP contribution in [0.15, 0.2) is 24.3 Å². The van der Waals surface area contributed by atoms with Gasteiger partial charge in [-0.3, -0.25) is 0 Å². The smallest absolute Gasteiger partial charge is 0.216 e. The zero-order chi connectivity index (χ0) is 17.1. The molecule has 1 aromatic carbocycles. The van der Waals surface area contributed by atoms with Gasteiger partial charge in [0.05, 0.1) is 25.0 Å². The van der Waals surface area contributed by atoms with Gasteiger partial charge in [0, 0.05) is 25.2 Å². The third kappa shape index (κ3) is 3.26. The fourth-order valence-electron chi connectivity index (χ4n) is 3.42. The van der Waals surface area contributed by atoms with Crippen molar-refractivity contribution in [3.8, 4) is 11.6 Å². The summed E-state index contributed by atoms with van der Waals surface area (Å²) >= 11 is 0. The van der Waals surface area contributed by atoms with E-state index in [4.69, 9.17) is 9.47 Å². The van der Waals surface area contributed by atoms with Crippen molar-refractivity contribution in [2.24, 2.45) is 7.05 Å². The fourth-order valence-corrected chi connectivity index (χ4v) is 3.42. The molecule has 0 saturated carbocycles. The van der Waals surface area contributed by atoms with Gasteiger partial charge < -0.3 is 14.8 Å². The van der Waals surface area contributed by atoms with Crippen molar-refractivity contribution in [1.82, 2.24) is 15.1 Å². The van der Waals surface area contributed by atoms with Gasteiger partial charge in [-0.1, -0.05) is 32.0 Å². The molecule has 24 heavy (non-hydrogen) atoms.